The van der Waals surface area contributed by atoms with Gasteiger partial charge in [-0.2, -0.15) is 8.42 Å². The Bertz CT molecular complexity index is 756. The van der Waals surface area contributed by atoms with Crippen LogP contribution in [0, 0.1) is 5.82 Å². The van der Waals surface area contributed by atoms with E-state index in [0.29, 0.717) is 28.3 Å². The normalized spacial score (nSPS) is 18.6. The van der Waals surface area contributed by atoms with Crippen molar-refractivity contribution in [3.8, 4) is 5.75 Å². The molecule has 7 nitrogen and oxygen atoms in total. The molecule has 0 saturated carbocycles. The Morgan fingerprint density at radius 1 is 1.32 bits per heavy atom. The van der Waals surface area contributed by atoms with Crippen molar-refractivity contribution in [2.45, 2.75) is 39.0 Å². The zero-order valence-electron chi connectivity index (χ0n) is 13.8. The van der Waals surface area contributed by atoms with Crippen molar-refractivity contribution in [1.82, 2.24) is 4.72 Å². The van der Waals surface area contributed by atoms with Gasteiger partial charge in [0.25, 0.3) is 5.91 Å². The van der Waals surface area contributed by atoms with Crippen LogP contribution in [-0.2, 0) is 27.8 Å². The summed E-state index contributed by atoms with van der Waals surface area (Å²) >= 11 is 0. The summed E-state index contributed by atoms with van der Waals surface area (Å²) in [7, 11) is -4.23. The zero-order valence-corrected chi connectivity index (χ0v) is 14.7. The van der Waals surface area contributed by atoms with Crippen molar-refractivity contribution in [3.05, 3.63) is 23.0 Å². The molecule has 1 fully saturated rings. The van der Waals surface area contributed by atoms with Gasteiger partial charge in [0.05, 0.1) is 0 Å². The molecular formula is C15H21F2N3O4S. The minimum Gasteiger partial charge on any atom is -0.331 e. The van der Waals surface area contributed by atoms with Crippen LogP contribution in [0.5, 0.6) is 5.75 Å². The van der Waals surface area contributed by atoms with Crippen molar-refractivity contribution in [3.63, 3.8) is 0 Å². The highest BCUT2D eigenvalue weighted by molar-refractivity contribution is 7.92. The highest BCUT2D eigenvalue weighted by Gasteiger charge is 2.39. The quantitative estimate of drug-likeness (QED) is 0.761. The van der Waals surface area contributed by atoms with E-state index in [1.165, 1.54) is 6.07 Å². The second kappa shape index (κ2) is 7.96. The number of nitrogens with two attached hydrogens (primary N) is 1. The molecule has 1 amide bonds. The zero-order chi connectivity index (χ0) is 18.6. The lowest BCUT2D eigenvalue weighted by atomic mass is 10.0. The average molecular weight is 377 g/mol. The number of halogens is 2. The summed E-state index contributed by atoms with van der Waals surface area (Å²) in [5.74, 6) is -2.18. The third kappa shape index (κ3) is 4.01. The molecule has 0 aromatic heterocycles. The van der Waals surface area contributed by atoms with Crippen molar-refractivity contribution in [1.29, 1.82) is 0 Å². The Labute approximate surface area is 145 Å². The number of benzene rings is 1. The Balaban J connectivity index is 0.000000701. The van der Waals surface area contributed by atoms with Crippen LogP contribution in [0.1, 0.15) is 37.3 Å². The largest absolute Gasteiger partial charge is 0.331 e. The van der Waals surface area contributed by atoms with Gasteiger partial charge >= 0.3 is 10.2 Å². The maximum atomic E-state index is 14.8. The molecule has 25 heavy (non-hydrogen) atoms. The van der Waals surface area contributed by atoms with E-state index in [2.05, 4.69) is 4.94 Å². The molecule has 0 bridgehead atoms. The molecule has 2 aliphatic rings. The van der Waals surface area contributed by atoms with Gasteiger partial charge in [0.2, 0.25) is 0 Å². The van der Waals surface area contributed by atoms with Gasteiger partial charge in [0.1, 0.15) is 12.2 Å². The summed E-state index contributed by atoms with van der Waals surface area (Å²) in [6.45, 7) is 2.05. The molecule has 1 aliphatic heterocycles. The number of amides is 1. The summed E-state index contributed by atoms with van der Waals surface area (Å²) in [6.07, 6.45) is 3.54. The van der Waals surface area contributed by atoms with E-state index in [1.54, 1.807) is 4.72 Å². The summed E-state index contributed by atoms with van der Waals surface area (Å²) in [4.78, 5) is 15.0. The molecule has 1 aromatic carbocycles. The first-order valence-electron chi connectivity index (χ1n) is 8.01. The third-order valence-corrected chi connectivity index (χ3v) is 5.30. The molecule has 1 aromatic rings. The van der Waals surface area contributed by atoms with E-state index >= 15 is 0 Å². The second-order valence-corrected chi connectivity index (χ2v) is 7.35. The number of fused-ring (bicyclic) bond motifs is 1. The first-order valence-corrected chi connectivity index (χ1v) is 9.45. The first-order chi connectivity index (χ1) is 11.9. The van der Waals surface area contributed by atoms with Crippen LogP contribution < -0.4 is 19.7 Å². The standard InChI is InChI=1S/C13H14F2N2O4S.C2H7N/c14-12-9-5-3-1-2-4-8(9)6-10(21-15)13(12)17-7-11(18)16-22(17,19)20;1-2-3/h6H,1-5,7H2,(H,16,18);2-3H2,1H3. The highest BCUT2D eigenvalue weighted by Crippen LogP contribution is 2.40. The summed E-state index contributed by atoms with van der Waals surface area (Å²) in [5, 5.41) is 0. The van der Waals surface area contributed by atoms with Gasteiger partial charge < -0.3 is 5.73 Å². The second-order valence-electron chi connectivity index (χ2n) is 5.76. The van der Waals surface area contributed by atoms with Gasteiger partial charge in [-0.15, -0.1) is 0 Å². The molecule has 140 valence electrons. The Morgan fingerprint density at radius 2 is 1.96 bits per heavy atom. The van der Waals surface area contributed by atoms with Crippen LogP contribution in [-0.4, -0.2) is 27.4 Å². The van der Waals surface area contributed by atoms with Crippen molar-refractivity contribution < 1.29 is 27.1 Å². The van der Waals surface area contributed by atoms with Crippen LogP contribution in [0.15, 0.2) is 6.07 Å². The van der Waals surface area contributed by atoms with E-state index < -0.39 is 39.9 Å². The molecule has 0 spiro atoms. The predicted octanol–water partition coefficient (Wildman–Crippen LogP) is 1.50. The molecule has 1 heterocycles. The number of rotatable bonds is 2. The van der Waals surface area contributed by atoms with Gasteiger partial charge in [0, 0.05) is 4.53 Å². The number of nitrogens with zero attached hydrogens (tertiary/aromatic N) is 1. The molecule has 10 heteroatoms. The molecule has 0 unspecified atom stereocenters. The molecular weight excluding hydrogens is 356 g/mol. The Kier molecular flexibility index (Phi) is 6.17. The van der Waals surface area contributed by atoms with E-state index in [4.69, 9.17) is 5.73 Å². The summed E-state index contributed by atoms with van der Waals surface area (Å²) in [5.41, 5.74) is 5.27. The molecule has 3 N–H and O–H groups in total. The predicted molar refractivity (Wildman–Crippen MR) is 88.5 cm³/mol. The maximum Gasteiger partial charge on any atom is 0.326 e. The minimum atomic E-state index is -4.23. The number of aryl methyl sites for hydroxylation is 1. The number of hydrogen-bond donors (Lipinski definition) is 2. The fourth-order valence-electron chi connectivity index (χ4n) is 2.93. The van der Waals surface area contributed by atoms with E-state index in [0.717, 1.165) is 25.8 Å². The van der Waals surface area contributed by atoms with Gasteiger partial charge in [-0.3, -0.25) is 9.74 Å². The topological polar surface area (TPSA) is 102 Å². The van der Waals surface area contributed by atoms with Crippen molar-refractivity contribution in [2.75, 3.05) is 17.4 Å². The van der Waals surface area contributed by atoms with E-state index in [-0.39, 0.29) is 0 Å². The van der Waals surface area contributed by atoms with Crippen LogP contribution >= 0.6 is 0 Å². The van der Waals surface area contributed by atoms with Gasteiger partial charge in [-0.25, -0.2) is 13.4 Å². The maximum absolute atomic E-state index is 14.8. The summed E-state index contributed by atoms with van der Waals surface area (Å²) < 4.78 is 53.6. The smallest absolute Gasteiger partial charge is 0.326 e. The van der Waals surface area contributed by atoms with E-state index in [9.17, 15) is 22.1 Å². The van der Waals surface area contributed by atoms with Crippen molar-refractivity contribution >= 4 is 21.8 Å². The SMILES string of the molecule is CCN.O=C1CN(c2c(OF)cc3c(c2F)CCCCC3)S(=O)(=O)N1. The summed E-state index contributed by atoms with van der Waals surface area (Å²) in [6, 6.07) is 1.32. The average Bonchev–Trinajstić information content (AvgIpc) is 2.72. The fourth-order valence-corrected chi connectivity index (χ4v) is 4.09. The van der Waals surface area contributed by atoms with Crippen LogP contribution in [0.4, 0.5) is 14.6 Å². The number of carbonyl (C=O) groups excluding carboxylic acids is 1. The van der Waals surface area contributed by atoms with E-state index in [1.807, 2.05) is 6.92 Å². The van der Waals surface area contributed by atoms with Crippen molar-refractivity contribution in [2.24, 2.45) is 5.73 Å². The third-order valence-electron chi connectivity index (χ3n) is 3.92. The molecule has 1 aliphatic carbocycles. The monoisotopic (exact) mass is 377 g/mol. The molecule has 0 atom stereocenters. The molecule has 1 saturated heterocycles. The Morgan fingerprint density at radius 3 is 2.52 bits per heavy atom. The van der Waals surface area contributed by atoms with Crippen LogP contribution in [0.2, 0.25) is 0 Å². The fraction of sp³-hybridized carbons (Fsp3) is 0.533. The van der Waals surface area contributed by atoms with Crippen LogP contribution in [0.3, 0.4) is 0 Å². The lowest BCUT2D eigenvalue weighted by molar-refractivity contribution is -0.117. The number of carbonyl (C=O) groups is 1. The van der Waals surface area contributed by atoms with Gasteiger partial charge in [0.15, 0.2) is 11.6 Å². The lowest BCUT2D eigenvalue weighted by Crippen LogP contribution is -2.30. The lowest BCUT2D eigenvalue weighted by Gasteiger charge is -2.20. The number of hydrogen-bond acceptors (Lipinski definition) is 5. The first kappa shape index (κ1) is 19.4. The highest BCUT2D eigenvalue weighted by atomic mass is 32.2. The van der Waals surface area contributed by atoms with Gasteiger partial charge in [-0.1, -0.05) is 13.3 Å². The molecule has 0 radical (unpaired) electrons. The minimum absolute atomic E-state index is 0.364. The number of nitrogens with one attached hydrogen (secondary N) is 1. The van der Waals surface area contributed by atoms with Gasteiger partial charge in [-0.05, 0) is 49.4 Å². The molecule has 3 rings (SSSR count). The Hall–Kier alpha value is -1.94. The van der Waals surface area contributed by atoms with Crippen LogP contribution in [0.25, 0.3) is 0 Å². The number of anilines is 1.